The average Bonchev–Trinajstić information content (AvgIpc) is 2.73. The quantitative estimate of drug-likeness (QED) is 0.806. The third-order valence-corrected chi connectivity index (χ3v) is 7.32. The minimum absolute atomic E-state index is 0.179. The van der Waals surface area contributed by atoms with Crippen LogP contribution < -0.4 is 10.1 Å². The Morgan fingerprint density at radius 1 is 1.07 bits per heavy atom. The van der Waals surface area contributed by atoms with Crippen molar-refractivity contribution in [2.24, 2.45) is 0 Å². The lowest BCUT2D eigenvalue weighted by atomic mass is 9.89. The van der Waals surface area contributed by atoms with Gasteiger partial charge in [-0.1, -0.05) is 18.2 Å². The number of carbonyl (C=O) groups is 1. The van der Waals surface area contributed by atoms with Crippen molar-refractivity contribution in [3.63, 3.8) is 0 Å². The van der Waals surface area contributed by atoms with Gasteiger partial charge in [-0.15, -0.1) is 0 Å². The summed E-state index contributed by atoms with van der Waals surface area (Å²) in [5.41, 5.74) is 0.956. The summed E-state index contributed by atoms with van der Waals surface area (Å²) < 4.78 is 38.2. The van der Waals surface area contributed by atoms with E-state index in [2.05, 4.69) is 5.32 Å². The van der Waals surface area contributed by atoms with Gasteiger partial charge in [0.25, 0.3) is 5.91 Å². The van der Waals surface area contributed by atoms with Crippen molar-refractivity contribution in [2.75, 3.05) is 26.3 Å². The zero-order valence-electron chi connectivity index (χ0n) is 17.1. The standard InChI is InChI=1S/C22H26N2O5S/c1-22(2)15-19(18-5-3-4-6-20(18)29-22)23-21(25)16-7-9-17(10-8-16)30(26,27)24-11-13-28-14-12-24/h3-10,19H,11-15H2,1-2H3,(H,23,25). The van der Waals surface area contributed by atoms with Crippen LogP contribution in [-0.4, -0.2) is 50.5 Å². The summed E-state index contributed by atoms with van der Waals surface area (Å²) in [6, 6.07) is 13.6. The van der Waals surface area contributed by atoms with Gasteiger partial charge in [0.1, 0.15) is 11.4 Å². The van der Waals surface area contributed by atoms with Gasteiger partial charge in [-0.25, -0.2) is 8.42 Å². The highest BCUT2D eigenvalue weighted by Crippen LogP contribution is 2.39. The van der Waals surface area contributed by atoms with Crippen LogP contribution in [0.5, 0.6) is 5.75 Å². The minimum Gasteiger partial charge on any atom is -0.487 e. The van der Waals surface area contributed by atoms with Gasteiger partial charge in [0.05, 0.1) is 24.2 Å². The lowest BCUT2D eigenvalue weighted by Gasteiger charge is -2.37. The van der Waals surface area contributed by atoms with Crippen LogP contribution in [0.4, 0.5) is 0 Å². The van der Waals surface area contributed by atoms with Crippen LogP contribution in [0.2, 0.25) is 0 Å². The molecule has 2 aromatic carbocycles. The molecule has 2 aliphatic heterocycles. The van der Waals surface area contributed by atoms with Crippen molar-refractivity contribution in [1.82, 2.24) is 9.62 Å². The molecular formula is C22H26N2O5S. The Morgan fingerprint density at radius 3 is 2.43 bits per heavy atom. The van der Waals surface area contributed by atoms with E-state index in [1.54, 1.807) is 12.1 Å². The predicted octanol–water partition coefficient (Wildman–Crippen LogP) is 2.74. The summed E-state index contributed by atoms with van der Waals surface area (Å²) in [4.78, 5) is 13.0. The van der Waals surface area contributed by atoms with Crippen LogP contribution >= 0.6 is 0 Å². The molecule has 1 amide bonds. The molecule has 1 N–H and O–H groups in total. The fraction of sp³-hybridized carbons (Fsp3) is 0.409. The van der Waals surface area contributed by atoms with E-state index in [-0.39, 0.29) is 16.8 Å². The Morgan fingerprint density at radius 2 is 1.73 bits per heavy atom. The van der Waals surface area contributed by atoms with Gasteiger partial charge in [0.2, 0.25) is 10.0 Å². The van der Waals surface area contributed by atoms with E-state index >= 15 is 0 Å². The van der Waals surface area contributed by atoms with Crippen LogP contribution in [0.3, 0.4) is 0 Å². The number of benzene rings is 2. The molecule has 2 aromatic rings. The summed E-state index contributed by atoms with van der Waals surface area (Å²) >= 11 is 0. The number of morpholine rings is 1. The summed E-state index contributed by atoms with van der Waals surface area (Å²) in [5, 5.41) is 3.07. The SMILES string of the molecule is CC1(C)CC(NC(=O)c2ccc(S(=O)(=O)N3CCOCC3)cc2)c2ccccc2O1. The summed E-state index contributed by atoms with van der Waals surface area (Å²) in [6.45, 7) is 5.44. The van der Waals surface area contributed by atoms with Gasteiger partial charge < -0.3 is 14.8 Å². The fourth-order valence-corrected chi connectivity index (χ4v) is 5.29. The summed E-state index contributed by atoms with van der Waals surface area (Å²) in [7, 11) is -3.58. The van der Waals surface area contributed by atoms with E-state index in [4.69, 9.17) is 9.47 Å². The number of hydrogen-bond donors (Lipinski definition) is 1. The lowest BCUT2D eigenvalue weighted by molar-refractivity contribution is 0.0619. The average molecular weight is 431 g/mol. The van der Waals surface area contributed by atoms with Gasteiger partial charge in [0.15, 0.2) is 0 Å². The second kappa shape index (κ2) is 8.02. The highest BCUT2D eigenvalue weighted by atomic mass is 32.2. The number of amides is 1. The van der Waals surface area contributed by atoms with Gasteiger partial charge >= 0.3 is 0 Å². The van der Waals surface area contributed by atoms with Gasteiger partial charge in [-0.2, -0.15) is 4.31 Å². The molecule has 4 rings (SSSR count). The normalized spacial score (nSPS) is 21.3. The minimum atomic E-state index is -3.58. The molecule has 0 bridgehead atoms. The molecule has 1 unspecified atom stereocenters. The first-order valence-electron chi connectivity index (χ1n) is 10.0. The first-order chi connectivity index (χ1) is 14.3. The van der Waals surface area contributed by atoms with Crippen molar-refractivity contribution < 1.29 is 22.7 Å². The van der Waals surface area contributed by atoms with Crippen molar-refractivity contribution in [3.05, 3.63) is 59.7 Å². The number of sulfonamides is 1. The Kier molecular flexibility index (Phi) is 5.57. The summed E-state index contributed by atoms with van der Waals surface area (Å²) in [6.07, 6.45) is 0.638. The maximum absolute atomic E-state index is 12.9. The van der Waals surface area contributed by atoms with Crippen LogP contribution in [0.25, 0.3) is 0 Å². The molecule has 1 atom stereocenters. The molecule has 160 valence electrons. The first-order valence-corrected chi connectivity index (χ1v) is 11.5. The number of ether oxygens (including phenoxy) is 2. The number of fused-ring (bicyclic) bond motifs is 1. The lowest BCUT2D eigenvalue weighted by Crippen LogP contribution is -2.41. The number of carbonyl (C=O) groups excluding carboxylic acids is 1. The van der Waals surface area contributed by atoms with Crippen molar-refractivity contribution >= 4 is 15.9 Å². The topological polar surface area (TPSA) is 84.9 Å². The van der Waals surface area contributed by atoms with Crippen molar-refractivity contribution in [1.29, 1.82) is 0 Å². The van der Waals surface area contributed by atoms with E-state index in [1.807, 2.05) is 38.1 Å². The molecule has 0 aromatic heterocycles. The third kappa shape index (κ3) is 4.21. The van der Waals surface area contributed by atoms with E-state index in [9.17, 15) is 13.2 Å². The van der Waals surface area contributed by atoms with Crippen LogP contribution in [0.1, 0.15) is 42.2 Å². The fourth-order valence-electron chi connectivity index (χ4n) is 3.89. The number of hydrogen-bond acceptors (Lipinski definition) is 5. The second-order valence-electron chi connectivity index (χ2n) is 8.17. The Hall–Kier alpha value is -2.42. The number of nitrogens with zero attached hydrogens (tertiary/aromatic N) is 1. The number of para-hydroxylation sites is 1. The van der Waals surface area contributed by atoms with E-state index in [0.717, 1.165) is 11.3 Å². The molecule has 7 nitrogen and oxygen atoms in total. The zero-order valence-corrected chi connectivity index (χ0v) is 17.9. The Bertz CT molecular complexity index is 1030. The molecular weight excluding hydrogens is 404 g/mol. The largest absolute Gasteiger partial charge is 0.487 e. The highest BCUT2D eigenvalue weighted by Gasteiger charge is 2.34. The molecule has 2 heterocycles. The molecule has 30 heavy (non-hydrogen) atoms. The van der Waals surface area contributed by atoms with E-state index < -0.39 is 15.6 Å². The van der Waals surface area contributed by atoms with Gasteiger partial charge in [0, 0.05) is 30.6 Å². The zero-order chi connectivity index (χ0) is 21.4. The Balaban J connectivity index is 1.51. The Labute approximate surface area is 177 Å². The molecule has 2 aliphatic rings. The second-order valence-corrected chi connectivity index (χ2v) is 10.1. The number of rotatable bonds is 4. The highest BCUT2D eigenvalue weighted by molar-refractivity contribution is 7.89. The van der Waals surface area contributed by atoms with Crippen LogP contribution in [0, 0.1) is 0 Å². The van der Waals surface area contributed by atoms with Gasteiger partial charge in [-0.3, -0.25) is 4.79 Å². The smallest absolute Gasteiger partial charge is 0.251 e. The maximum atomic E-state index is 12.9. The van der Waals surface area contributed by atoms with E-state index in [0.29, 0.717) is 38.3 Å². The third-order valence-electron chi connectivity index (χ3n) is 5.41. The van der Waals surface area contributed by atoms with E-state index in [1.165, 1.54) is 16.4 Å². The van der Waals surface area contributed by atoms with Crippen molar-refractivity contribution in [2.45, 2.75) is 36.8 Å². The molecule has 1 saturated heterocycles. The van der Waals surface area contributed by atoms with Crippen LogP contribution in [-0.2, 0) is 14.8 Å². The van der Waals surface area contributed by atoms with Crippen LogP contribution in [0.15, 0.2) is 53.4 Å². The van der Waals surface area contributed by atoms with Gasteiger partial charge in [-0.05, 0) is 44.2 Å². The molecule has 0 aliphatic carbocycles. The maximum Gasteiger partial charge on any atom is 0.251 e. The predicted molar refractivity (Wildman–Crippen MR) is 112 cm³/mol. The first kappa shape index (κ1) is 20.8. The molecule has 0 spiro atoms. The molecule has 0 saturated carbocycles. The molecule has 8 heteroatoms. The summed E-state index contributed by atoms with van der Waals surface area (Å²) in [5.74, 6) is 0.522. The monoisotopic (exact) mass is 430 g/mol. The molecule has 0 radical (unpaired) electrons. The number of nitrogens with one attached hydrogen (secondary N) is 1. The van der Waals surface area contributed by atoms with Crippen molar-refractivity contribution in [3.8, 4) is 5.75 Å². The molecule has 1 fully saturated rings.